The number of nitrogens with one attached hydrogen (secondary N) is 2. The van der Waals surface area contributed by atoms with E-state index in [1.54, 1.807) is 7.11 Å². The summed E-state index contributed by atoms with van der Waals surface area (Å²) in [6.45, 7) is 10.9. The Morgan fingerprint density at radius 2 is 1.75 bits per heavy atom. The maximum absolute atomic E-state index is 14.9. The number of aromatic nitrogens is 1. The van der Waals surface area contributed by atoms with E-state index in [9.17, 15) is 27.6 Å². The lowest BCUT2D eigenvalue weighted by Crippen LogP contribution is -2.57. The highest BCUT2D eigenvalue weighted by molar-refractivity contribution is 7.91. The van der Waals surface area contributed by atoms with Crippen LogP contribution >= 0.6 is 0 Å². The lowest BCUT2D eigenvalue weighted by atomic mass is 9.77. The van der Waals surface area contributed by atoms with Gasteiger partial charge in [-0.15, -0.1) is 6.58 Å². The molecule has 4 fully saturated rings. The summed E-state index contributed by atoms with van der Waals surface area (Å²) in [7, 11) is -2.31. The van der Waals surface area contributed by atoms with Gasteiger partial charge in [-0.2, -0.15) is 0 Å². The Balaban J connectivity index is 1.21. The first-order valence-electron chi connectivity index (χ1n) is 19.9. The Bertz CT molecular complexity index is 2160. The third-order valence-electron chi connectivity index (χ3n) is 11.9. The van der Waals surface area contributed by atoms with Gasteiger partial charge in [0.25, 0.3) is 5.91 Å². The van der Waals surface area contributed by atoms with Gasteiger partial charge in [0, 0.05) is 54.9 Å². The molecule has 57 heavy (non-hydrogen) atoms. The zero-order chi connectivity index (χ0) is 40.7. The van der Waals surface area contributed by atoms with Gasteiger partial charge in [-0.3, -0.25) is 23.9 Å². The molecule has 0 bridgehead atoms. The molecule has 3 heterocycles. The third-order valence-corrected chi connectivity index (χ3v) is 13.7. The smallest absolute Gasteiger partial charge is 0.259 e. The van der Waals surface area contributed by atoms with Gasteiger partial charge in [0.1, 0.15) is 29.2 Å². The molecule has 0 radical (unpaired) electrons. The SMILES string of the molecule is C=CC1C[C@]1(NC(=O)[C@@H]1C[C@@H](Oc2cc(-c3ccccc3)nc3cc(OC)ccc23)CN1C(=O)C(CC(=O)N1CCCCC1)C(C)(C)C)C(=O)NS(=O)(=O)C1CC1. The first kappa shape index (κ1) is 40.2. The number of ether oxygens (including phenoxy) is 2. The van der Waals surface area contributed by atoms with Gasteiger partial charge < -0.3 is 24.6 Å². The second kappa shape index (κ2) is 15.8. The van der Waals surface area contributed by atoms with Crippen molar-refractivity contribution >= 4 is 44.6 Å². The number of hydrogen-bond acceptors (Lipinski definition) is 9. The Hall–Kier alpha value is -4.98. The Labute approximate surface area is 334 Å². The van der Waals surface area contributed by atoms with E-state index >= 15 is 0 Å². The van der Waals surface area contributed by atoms with Crippen molar-refractivity contribution in [3.8, 4) is 22.8 Å². The van der Waals surface area contributed by atoms with Crippen LogP contribution in [0.4, 0.5) is 0 Å². The fourth-order valence-corrected chi connectivity index (χ4v) is 9.51. The van der Waals surface area contributed by atoms with Crippen LogP contribution in [0.2, 0.25) is 0 Å². The first-order chi connectivity index (χ1) is 27.1. The Morgan fingerprint density at radius 1 is 1.04 bits per heavy atom. The van der Waals surface area contributed by atoms with Crippen molar-refractivity contribution < 1.29 is 37.1 Å². The van der Waals surface area contributed by atoms with E-state index in [4.69, 9.17) is 14.5 Å². The quantitative estimate of drug-likeness (QED) is 0.227. The number of nitrogens with zero attached hydrogens (tertiary/aromatic N) is 3. The van der Waals surface area contributed by atoms with Gasteiger partial charge in [0.2, 0.25) is 27.7 Å². The number of carbonyl (C=O) groups excluding carboxylic acids is 4. The summed E-state index contributed by atoms with van der Waals surface area (Å²) in [6.07, 6.45) is 4.91. The predicted molar refractivity (Wildman–Crippen MR) is 216 cm³/mol. The number of piperidine rings is 1. The highest BCUT2D eigenvalue weighted by Gasteiger charge is 2.62. The summed E-state index contributed by atoms with van der Waals surface area (Å²) < 4.78 is 40.1. The average molecular weight is 800 g/mol. The van der Waals surface area contributed by atoms with Crippen LogP contribution in [0.5, 0.6) is 11.5 Å². The summed E-state index contributed by atoms with van der Waals surface area (Å²) >= 11 is 0. The summed E-state index contributed by atoms with van der Waals surface area (Å²) in [6, 6.07) is 15.9. The van der Waals surface area contributed by atoms with Crippen LogP contribution in [-0.4, -0.2) is 96.5 Å². The van der Waals surface area contributed by atoms with Crippen molar-refractivity contribution in [3.63, 3.8) is 0 Å². The summed E-state index contributed by atoms with van der Waals surface area (Å²) in [5.41, 5.74) is -0.0157. The van der Waals surface area contributed by atoms with E-state index < -0.39 is 62.0 Å². The molecule has 7 rings (SSSR count). The zero-order valence-electron chi connectivity index (χ0n) is 33.2. The number of methoxy groups -OCH3 is 1. The van der Waals surface area contributed by atoms with Crippen molar-refractivity contribution in [3.05, 3.63) is 67.3 Å². The molecular formula is C43H53N5O8S. The minimum atomic E-state index is -3.90. The van der Waals surface area contributed by atoms with Gasteiger partial charge in [0.05, 0.1) is 36.0 Å². The molecule has 2 aliphatic carbocycles. The zero-order valence-corrected chi connectivity index (χ0v) is 34.0. The van der Waals surface area contributed by atoms with Crippen LogP contribution < -0.4 is 19.5 Å². The van der Waals surface area contributed by atoms with Crippen LogP contribution in [0, 0.1) is 17.3 Å². The van der Waals surface area contributed by atoms with E-state index in [1.165, 1.54) is 11.0 Å². The summed E-state index contributed by atoms with van der Waals surface area (Å²) in [5.74, 6) is -2.03. The predicted octanol–water partition coefficient (Wildman–Crippen LogP) is 4.99. The number of benzene rings is 2. The van der Waals surface area contributed by atoms with Crippen molar-refractivity contribution in [1.82, 2.24) is 24.8 Å². The second-order valence-electron chi connectivity index (χ2n) is 17.0. The van der Waals surface area contributed by atoms with Crippen molar-refractivity contribution in [2.75, 3.05) is 26.7 Å². The number of pyridine rings is 1. The van der Waals surface area contributed by atoms with Gasteiger partial charge in [0.15, 0.2) is 0 Å². The number of carbonyl (C=O) groups is 4. The van der Waals surface area contributed by atoms with Crippen LogP contribution in [-0.2, 0) is 29.2 Å². The fourth-order valence-electron chi connectivity index (χ4n) is 8.14. The number of fused-ring (bicyclic) bond motifs is 1. The Morgan fingerprint density at radius 3 is 2.39 bits per heavy atom. The molecule has 2 aliphatic heterocycles. The van der Waals surface area contributed by atoms with Crippen molar-refractivity contribution in [2.24, 2.45) is 17.3 Å². The minimum absolute atomic E-state index is 0.0140. The molecule has 3 aromatic rings. The van der Waals surface area contributed by atoms with E-state index in [0.717, 1.165) is 24.8 Å². The van der Waals surface area contributed by atoms with Gasteiger partial charge in [-0.05, 0) is 56.1 Å². The molecule has 13 nitrogen and oxygen atoms in total. The number of sulfonamides is 1. The van der Waals surface area contributed by atoms with Gasteiger partial charge in [-0.1, -0.05) is 57.2 Å². The largest absolute Gasteiger partial charge is 0.497 e. The molecule has 4 aliphatic rings. The van der Waals surface area contributed by atoms with Crippen LogP contribution in [0.25, 0.3) is 22.2 Å². The minimum Gasteiger partial charge on any atom is -0.497 e. The molecule has 5 atom stereocenters. The second-order valence-corrected chi connectivity index (χ2v) is 18.9. The van der Waals surface area contributed by atoms with Crippen LogP contribution in [0.1, 0.15) is 72.1 Å². The first-order valence-corrected chi connectivity index (χ1v) is 21.5. The lowest BCUT2D eigenvalue weighted by molar-refractivity contribution is -0.148. The maximum atomic E-state index is 14.9. The lowest BCUT2D eigenvalue weighted by Gasteiger charge is -2.36. The van der Waals surface area contributed by atoms with E-state index in [2.05, 4.69) is 16.6 Å². The molecule has 2 aromatic carbocycles. The molecule has 4 amide bonds. The summed E-state index contributed by atoms with van der Waals surface area (Å²) in [5, 5.41) is 2.94. The van der Waals surface area contributed by atoms with Crippen LogP contribution in [0.3, 0.4) is 0 Å². The standard InChI is InChI=1S/C43H53N5O8S/c1-6-28-25-43(28,41(52)46-57(53,54)31-16-17-31)45-39(50)36-22-30(26-48(36)40(51)33(42(2,3)4)23-38(49)47-19-11-8-12-20-47)56-37-24-34(27-13-9-7-10-14-27)44-35-21-29(55-5)15-18-32(35)37/h6-7,9-10,13-15,18,21,24,28,30-31,33,36H,1,8,11-12,16-17,19-20,22-23,25-26H2,2-5H3,(H,45,50)(H,46,52)/t28?,30-,33?,36+,43-/m1/s1. The highest BCUT2D eigenvalue weighted by Crippen LogP contribution is 2.46. The maximum Gasteiger partial charge on any atom is 0.259 e. The van der Waals surface area contributed by atoms with Gasteiger partial charge in [-0.25, -0.2) is 13.4 Å². The normalized spacial score (nSPS) is 24.0. The third kappa shape index (κ3) is 8.51. The number of amides is 4. The van der Waals surface area contributed by atoms with Gasteiger partial charge >= 0.3 is 0 Å². The van der Waals surface area contributed by atoms with Crippen molar-refractivity contribution in [1.29, 1.82) is 0 Å². The number of rotatable bonds is 13. The summed E-state index contributed by atoms with van der Waals surface area (Å²) in [4.78, 5) is 64.9. The van der Waals surface area contributed by atoms with E-state index in [-0.39, 0.29) is 37.6 Å². The molecule has 2 saturated heterocycles. The molecule has 304 valence electrons. The van der Waals surface area contributed by atoms with Crippen molar-refractivity contribution in [2.45, 2.75) is 95.1 Å². The number of likely N-dealkylation sites (tertiary alicyclic amines) is 2. The average Bonchev–Trinajstić information content (AvgIpc) is 4.13. The van der Waals surface area contributed by atoms with E-state index in [1.807, 2.05) is 80.3 Å². The van der Waals surface area contributed by atoms with Crippen LogP contribution in [0.15, 0.2) is 67.3 Å². The molecular weight excluding hydrogens is 747 g/mol. The topological polar surface area (TPSA) is 164 Å². The molecule has 2 saturated carbocycles. The molecule has 0 spiro atoms. The fraction of sp³-hybridized carbons (Fsp3) is 0.512. The highest BCUT2D eigenvalue weighted by atomic mass is 32.2. The monoisotopic (exact) mass is 799 g/mol. The molecule has 2 unspecified atom stereocenters. The molecule has 14 heteroatoms. The molecule has 2 N–H and O–H groups in total. The number of hydrogen-bond donors (Lipinski definition) is 2. The molecule has 1 aromatic heterocycles. The Kier molecular flexibility index (Phi) is 11.1. The van der Waals surface area contributed by atoms with E-state index in [0.29, 0.717) is 54.0 Å².